The van der Waals surface area contributed by atoms with Gasteiger partial charge in [0, 0.05) is 0 Å². The second kappa shape index (κ2) is 9.37. The predicted molar refractivity (Wildman–Crippen MR) is 113 cm³/mol. The van der Waals surface area contributed by atoms with Gasteiger partial charge in [-0.2, -0.15) is 5.10 Å². The molecule has 1 fully saturated rings. The summed E-state index contributed by atoms with van der Waals surface area (Å²) in [6, 6.07) is 16.8. The fraction of sp³-hybridized carbons (Fsp3) is 0.348. The summed E-state index contributed by atoms with van der Waals surface area (Å²) in [7, 11) is 0. The molecule has 1 saturated heterocycles. The van der Waals surface area contributed by atoms with Crippen LogP contribution in [0.25, 0.3) is 0 Å². The van der Waals surface area contributed by atoms with E-state index in [0.717, 1.165) is 34.7 Å². The van der Waals surface area contributed by atoms with Crippen LogP contribution in [0, 0.1) is 0 Å². The van der Waals surface area contributed by atoms with E-state index >= 15 is 0 Å². The third-order valence-corrected chi connectivity index (χ3v) is 4.97. The van der Waals surface area contributed by atoms with Crippen LogP contribution >= 0.6 is 0 Å². The van der Waals surface area contributed by atoms with Gasteiger partial charge < -0.3 is 10.1 Å². The van der Waals surface area contributed by atoms with Gasteiger partial charge in [-0.05, 0) is 61.6 Å². The number of nitrogens with one attached hydrogen (secondary N) is 1. The van der Waals surface area contributed by atoms with E-state index in [1.807, 2.05) is 54.6 Å². The average Bonchev–Trinajstić information content (AvgIpc) is 2.95. The molecular formula is C23H27N3O3. The number of amides is 3. The van der Waals surface area contributed by atoms with Gasteiger partial charge in [0.05, 0.1) is 12.8 Å². The van der Waals surface area contributed by atoms with Gasteiger partial charge in [0.25, 0.3) is 5.91 Å². The number of ether oxygens (including phenoxy) is 1. The summed E-state index contributed by atoms with van der Waals surface area (Å²) in [5.41, 5.74) is 0.951. The molecular weight excluding hydrogens is 366 g/mol. The normalized spacial score (nSPS) is 19.0. The zero-order valence-corrected chi connectivity index (χ0v) is 16.9. The summed E-state index contributed by atoms with van der Waals surface area (Å²) in [4.78, 5) is 25.1. The van der Waals surface area contributed by atoms with E-state index in [4.69, 9.17) is 4.74 Å². The lowest BCUT2D eigenvalue weighted by Gasteiger charge is -2.20. The zero-order valence-electron chi connectivity index (χ0n) is 16.9. The van der Waals surface area contributed by atoms with Crippen molar-refractivity contribution in [3.05, 3.63) is 65.7 Å². The van der Waals surface area contributed by atoms with Crippen LogP contribution < -0.4 is 10.1 Å². The fourth-order valence-electron chi connectivity index (χ4n) is 3.09. The molecule has 1 heterocycles. The number of carbonyl (C=O) groups excluding carboxylic acids is 2. The first-order valence-electron chi connectivity index (χ1n) is 9.99. The number of nitrogens with zero attached hydrogens (tertiary/aromatic N) is 2. The SMILES string of the molecule is CCCCOc1ccc(/C=N\N2C(=O)N[C@](C)(CCc3ccccc3)C2=O)cc1. The van der Waals surface area contributed by atoms with Crippen molar-refractivity contribution < 1.29 is 14.3 Å². The Morgan fingerprint density at radius 2 is 1.83 bits per heavy atom. The summed E-state index contributed by atoms with van der Waals surface area (Å²) in [5.74, 6) is 0.452. The van der Waals surface area contributed by atoms with Crippen LogP contribution in [0.3, 0.4) is 0 Å². The van der Waals surface area contributed by atoms with E-state index in [2.05, 4.69) is 17.3 Å². The van der Waals surface area contributed by atoms with Crippen LogP contribution in [-0.2, 0) is 11.2 Å². The molecule has 0 aromatic heterocycles. The molecule has 6 nitrogen and oxygen atoms in total. The topological polar surface area (TPSA) is 71.0 Å². The van der Waals surface area contributed by atoms with E-state index in [9.17, 15) is 9.59 Å². The Kier molecular flexibility index (Phi) is 6.65. The maximum Gasteiger partial charge on any atom is 0.346 e. The highest BCUT2D eigenvalue weighted by atomic mass is 16.5. The number of carbonyl (C=O) groups is 2. The number of hydrazone groups is 1. The number of rotatable bonds is 9. The van der Waals surface area contributed by atoms with Gasteiger partial charge in [-0.15, -0.1) is 5.01 Å². The Morgan fingerprint density at radius 3 is 2.52 bits per heavy atom. The van der Waals surface area contributed by atoms with E-state index in [1.165, 1.54) is 6.21 Å². The summed E-state index contributed by atoms with van der Waals surface area (Å²) in [6.07, 6.45) is 4.81. The molecule has 0 spiro atoms. The summed E-state index contributed by atoms with van der Waals surface area (Å²) in [6.45, 7) is 4.55. The molecule has 0 saturated carbocycles. The molecule has 2 aromatic rings. The Morgan fingerprint density at radius 1 is 1.10 bits per heavy atom. The lowest BCUT2D eigenvalue weighted by Crippen LogP contribution is -2.44. The Bertz CT molecular complexity index is 865. The van der Waals surface area contributed by atoms with E-state index in [-0.39, 0.29) is 5.91 Å². The summed E-state index contributed by atoms with van der Waals surface area (Å²) < 4.78 is 5.63. The average molecular weight is 393 g/mol. The van der Waals surface area contributed by atoms with Crippen molar-refractivity contribution in [2.24, 2.45) is 5.10 Å². The molecule has 3 rings (SSSR count). The predicted octanol–water partition coefficient (Wildman–Crippen LogP) is 4.14. The highest BCUT2D eigenvalue weighted by Crippen LogP contribution is 2.23. The first-order valence-corrected chi connectivity index (χ1v) is 9.99. The maximum atomic E-state index is 12.8. The van der Waals surface area contributed by atoms with Crippen LogP contribution in [0.15, 0.2) is 59.7 Å². The Labute approximate surface area is 171 Å². The van der Waals surface area contributed by atoms with Crippen LogP contribution in [0.4, 0.5) is 4.79 Å². The molecule has 29 heavy (non-hydrogen) atoms. The van der Waals surface area contributed by atoms with Gasteiger partial charge in [-0.3, -0.25) is 4.79 Å². The number of hydrogen-bond acceptors (Lipinski definition) is 4. The molecule has 1 aliphatic rings. The third-order valence-electron chi connectivity index (χ3n) is 4.97. The second-order valence-electron chi connectivity index (χ2n) is 7.38. The molecule has 6 heteroatoms. The molecule has 1 N–H and O–H groups in total. The van der Waals surface area contributed by atoms with Crippen molar-refractivity contribution >= 4 is 18.2 Å². The van der Waals surface area contributed by atoms with Crippen LogP contribution in [-0.4, -0.2) is 35.3 Å². The van der Waals surface area contributed by atoms with E-state index in [1.54, 1.807) is 6.92 Å². The van der Waals surface area contributed by atoms with Gasteiger partial charge in [0.2, 0.25) is 0 Å². The van der Waals surface area contributed by atoms with Gasteiger partial charge in [-0.25, -0.2) is 4.79 Å². The van der Waals surface area contributed by atoms with Crippen LogP contribution in [0.1, 0.15) is 44.2 Å². The standard InChI is InChI=1S/C23H27N3O3/c1-3-4-16-29-20-12-10-19(11-13-20)17-24-26-21(27)23(2,25-22(26)28)15-14-18-8-6-5-7-9-18/h5-13,17H,3-4,14-16H2,1-2H3,(H,25,28)/b24-17-/t23-/m1/s1. The minimum atomic E-state index is -0.957. The number of unbranched alkanes of at least 4 members (excludes halogenated alkanes) is 1. The molecule has 152 valence electrons. The highest BCUT2D eigenvalue weighted by Gasteiger charge is 2.47. The van der Waals surface area contributed by atoms with Crippen LogP contribution in [0.2, 0.25) is 0 Å². The van der Waals surface area contributed by atoms with Crippen molar-refractivity contribution in [3.63, 3.8) is 0 Å². The second-order valence-corrected chi connectivity index (χ2v) is 7.38. The summed E-state index contributed by atoms with van der Waals surface area (Å²) in [5, 5.41) is 7.81. The van der Waals surface area contributed by atoms with Crippen molar-refractivity contribution in [1.82, 2.24) is 10.3 Å². The van der Waals surface area contributed by atoms with Gasteiger partial charge in [0.15, 0.2) is 0 Å². The first kappa shape index (κ1) is 20.6. The number of hydrogen-bond donors (Lipinski definition) is 1. The van der Waals surface area contributed by atoms with Crippen molar-refractivity contribution in [3.8, 4) is 5.75 Å². The maximum absolute atomic E-state index is 12.8. The third kappa shape index (κ3) is 5.22. The molecule has 0 radical (unpaired) electrons. The number of urea groups is 1. The molecule has 0 unspecified atom stereocenters. The molecule has 3 amide bonds. The smallest absolute Gasteiger partial charge is 0.346 e. The fourth-order valence-corrected chi connectivity index (χ4v) is 3.09. The van der Waals surface area contributed by atoms with Crippen molar-refractivity contribution in [2.45, 2.75) is 45.1 Å². The van der Waals surface area contributed by atoms with Gasteiger partial charge >= 0.3 is 6.03 Å². The van der Waals surface area contributed by atoms with Crippen molar-refractivity contribution in [1.29, 1.82) is 0 Å². The minimum Gasteiger partial charge on any atom is -0.494 e. The molecule has 0 bridgehead atoms. The van der Waals surface area contributed by atoms with Gasteiger partial charge in [-0.1, -0.05) is 43.7 Å². The van der Waals surface area contributed by atoms with E-state index < -0.39 is 11.6 Å². The molecule has 1 aliphatic heterocycles. The monoisotopic (exact) mass is 393 g/mol. The lowest BCUT2D eigenvalue weighted by molar-refractivity contribution is -0.130. The first-order chi connectivity index (χ1) is 14.0. The molecule has 2 aromatic carbocycles. The highest BCUT2D eigenvalue weighted by molar-refractivity contribution is 6.07. The van der Waals surface area contributed by atoms with Crippen LogP contribution in [0.5, 0.6) is 5.75 Å². The number of benzene rings is 2. The molecule has 0 aliphatic carbocycles. The number of imide groups is 1. The van der Waals surface area contributed by atoms with Gasteiger partial charge in [0.1, 0.15) is 11.3 Å². The molecule has 1 atom stereocenters. The Balaban J connectivity index is 1.60. The lowest BCUT2D eigenvalue weighted by atomic mass is 9.93. The zero-order chi connectivity index (χ0) is 20.7. The minimum absolute atomic E-state index is 0.339. The number of aryl methyl sites for hydroxylation is 1. The largest absolute Gasteiger partial charge is 0.494 e. The quantitative estimate of drug-likeness (QED) is 0.395. The Hall–Kier alpha value is -3.15. The van der Waals surface area contributed by atoms with Crippen molar-refractivity contribution in [2.75, 3.05) is 6.61 Å². The van der Waals surface area contributed by atoms with E-state index in [0.29, 0.717) is 19.4 Å². The summed E-state index contributed by atoms with van der Waals surface area (Å²) >= 11 is 0.